The number of halogens is 5. The first-order valence-corrected chi connectivity index (χ1v) is 5.96. The maximum Gasteiger partial charge on any atom is 0.426 e. The molecule has 0 aromatic heterocycles. The molecule has 1 atom stereocenters. The van der Waals surface area contributed by atoms with Gasteiger partial charge >= 0.3 is 6.18 Å². The molecule has 0 bridgehead atoms. The Morgan fingerprint density at radius 1 is 1.32 bits per heavy atom. The summed E-state index contributed by atoms with van der Waals surface area (Å²) in [4.78, 5) is 11.7. The average Bonchev–Trinajstić information content (AvgIpc) is 2.28. The number of nitrogens with one attached hydrogen (secondary N) is 1. The SMILES string of the molecule is CC(O)(C(=O)Nc1ccc(S)c(Cl)c1Cl)C(F)(F)F. The van der Waals surface area contributed by atoms with E-state index in [-0.39, 0.29) is 15.7 Å². The zero-order valence-electron chi connectivity index (χ0n) is 9.35. The second kappa shape index (κ2) is 5.40. The molecule has 1 rings (SSSR count). The lowest BCUT2D eigenvalue weighted by molar-refractivity contribution is -0.242. The Morgan fingerprint density at radius 2 is 1.84 bits per heavy atom. The molecule has 1 aromatic rings. The molecule has 0 spiro atoms. The lowest BCUT2D eigenvalue weighted by Gasteiger charge is -2.25. The first kappa shape index (κ1) is 16.4. The molecule has 0 heterocycles. The van der Waals surface area contributed by atoms with Crippen molar-refractivity contribution in [3.8, 4) is 0 Å². The van der Waals surface area contributed by atoms with Crippen LogP contribution in [-0.2, 0) is 4.79 Å². The zero-order chi connectivity index (χ0) is 15.0. The molecule has 0 saturated heterocycles. The summed E-state index contributed by atoms with van der Waals surface area (Å²) in [6.07, 6.45) is -5.11. The minimum atomic E-state index is -5.11. The second-order valence-corrected chi connectivity index (χ2v) is 5.02. The van der Waals surface area contributed by atoms with E-state index in [4.69, 9.17) is 28.3 Å². The topological polar surface area (TPSA) is 49.3 Å². The van der Waals surface area contributed by atoms with E-state index >= 15 is 0 Å². The van der Waals surface area contributed by atoms with E-state index < -0.39 is 17.7 Å². The Bertz CT molecular complexity index is 520. The molecule has 2 N–H and O–H groups in total. The molecule has 0 fully saturated rings. The predicted molar refractivity (Wildman–Crippen MR) is 69.0 cm³/mol. The number of anilines is 1. The van der Waals surface area contributed by atoms with Crippen molar-refractivity contribution < 1.29 is 23.1 Å². The smallest absolute Gasteiger partial charge is 0.373 e. The van der Waals surface area contributed by atoms with Crippen molar-refractivity contribution in [3.05, 3.63) is 22.2 Å². The van der Waals surface area contributed by atoms with Gasteiger partial charge in [0.25, 0.3) is 5.91 Å². The summed E-state index contributed by atoms with van der Waals surface area (Å²) in [5, 5.41) is 10.8. The van der Waals surface area contributed by atoms with Crippen LogP contribution in [0.4, 0.5) is 18.9 Å². The Hall–Kier alpha value is -0.630. The van der Waals surface area contributed by atoms with E-state index in [2.05, 4.69) is 12.6 Å². The maximum atomic E-state index is 12.4. The predicted octanol–water partition coefficient (Wildman–Crippen LogP) is 3.53. The molecule has 0 aliphatic heterocycles. The summed E-state index contributed by atoms with van der Waals surface area (Å²) < 4.78 is 37.3. The van der Waals surface area contributed by atoms with Gasteiger partial charge in [-0.15, -0.1) is 12.6 Å². The van der Waals surface area contributed by atoms with Gasteiger partial charge in [0.15, 0.2) is 0 Å². The Kier molecular flexibility index (Phi) is 4.66. The number of hydrogen-bond donors (Lipinski definition) is 3. The Morgan fingerprint density at radius 3 is 2.32 bits per heavy atom. The van der Waals surface area contributed by atoms with Crippen molar-refractivity contribution in [2.24, 2.45) is 0 Å². The molecule has 106 valence electrons. The molecule has 9 heteroatoms. The molecule has 1 aromatic carbocycles. The highest BCUT2D eigenvalue weighted by molar-refractivity contribution is 7.80. The number of hydrogen-bond acceptors (Lipinski definition) is 3. The fourth-order valence-corrected chi connectivity index (χ4v) is 1.64. The van der Waals surface area contributed by atoms with Gasteiger partial charge in [0.1, 0.15) is 0 Å². The minimum Gasteiger partial charge on any atom is -0.373 e. The highest BCUT2D eigenvalue weighted by atomic mass is 35.5. The zero-order valence-corrected chi connectivity index (χ0v) is 11.8. The number of aliphatic hydroxyl groups is 1. The number of carbonyl (C=O) groups excluding carboxylic acids is 1. The highest BCUT2D eigenvalue weighted by Crippen LogP contribution is 2.36. The third kappa shape index (κ3) is 3.28. The number of thiol groups is 1. The van der Waals surface area contributed by atoms with Crippen LogP contribution in [0.15, 0.2) is 17.0 Å². The molecule has 1 unspecified atom stereocenters. The molecule has 0 radical (unpaired) electrons. The van der Waals surface area contributed by atoms with Crippen molar-refractivity contribution in [3.63, 3.8) is 0 Å². The molecule has 1 amide bonds. The normalized spacial score (nSPS) is 14.9. The second-order valence-electron chi connectivity index (χ2n) is 3.78. The third-order valence-electron chi connectivity index (χ3n) is 2.30. The average molecular weight is 334 g/mol. The summed E-state index contributed by atoms with van der Waals surface area (Å²) in [5.41, 5.74) is -3.69. The molecule has 0 aliphatic carbocycles. The van der Waals surface area contributed by atoms with Gasteiger partial charge in [-0.05, 0) is 19.1 Å². The van der Waals surface area contributed by atoms with Gasteiger partial charge in [0.2, 0.25) is 5.60 Å². The quantitative estimate of drug-likeness (QED) is 0.725. The van der Waals surface area contributed by atoms with E-state index in [1.54, 1.807) is 0 Å². The molecule has 0 saturated carbocycles. The standard InChI is InChI=1S/C10H8Cl2F3NO2S/c1-9(18,10(13,14)15)8(17)16-4-2-3-5(19)7(12)6(4)11/h2-3,18-19H,1H3,(H,16,17). The number of amides is 1. The van der Waals surface area contributed by atoms with E-state index in [0.29, 0.717) is 11.8 Å². The van der Waals surface area contributed by atoms with Crippen LogP contribution < -0.4 is 5.32 Å². The Balaban J connectivity index is 3.05. The van der Waals surface area contributed by atoms with Crippen LogP contribution in [0.2, 0.25) is 10.0 Å². The van der Waals surface area contributed by atoms with Gasteiger partial charge in [-0.2, -0.15) is 13.2 Å². The van der Waals surface area contributed by atoms with E-state index in [1.807, 2.05) is 5.32 Å². The fourth-order valence-electron chi connectivity index (χ4n) is 1.01. The van der Waals surface area contributed by atoms with Gasteiger partial charge in [-0.1, -0.05) is 23.2 Å². The fraction of sp³-hybridized carbons (Fsp3) is 0.300. The van der Waals surface area contributed by atoms with Crippen LogP contribution in [0.5, 0.6) is 0 Å². The first-order chi connectivity index (χ1) is 8.48. The largest absolute Gasteiger partial charge is 0.426 e. The van der Waals surface area contributed by atoms with Gasteiger partial charge in [0, 0.05) is 4.90 Å². The highest BCUT2D eigenvalue weighted by Gasteiger charge is 2.55. The summed E-state index contributed by atoms with van der Waals surface area (Å²) in [7, 11) is 0. The molecule has 3 nitrogen and oxygen atoms in total. The van der Waals surface area contributed by atoms with Crippen molar-refractivity contribution in [2.75, 3.05) is 5.32 Å². The number of benzene rings is 1. The van der Waals surface area contributed by atoms with Crippen molar-refractivity contribution in [1.29, 1.82) is 0 Å². The van der Waals surface area contributed by atoms with Crippen molar-refractivity contribution in [1.82, 2.24) is 0 Å². The summed E-state index contributed by atoms with van der Waals surface area (Å²) in [6, 6.07) is 2.57. The van der Waals surface area contributed by atoms with Crippen molar-refractivity contribution in [2.45, 2.75) is 23.6 Å². The molecular formula is C10H8Cl2F3NO2S. The summed E-state index contributed by atoms with van der Waals surface area (Å²) >= 11 is 15.4. The summed E-state index contributed by atoms with van der Waals surface area (Å²) in [6.45, 7) is 0.338. The van der Waals surface area contributed by atoms with Crippen LogP contribution in [0.3, 0.4) is 0 Å². The summed E-state index contributed by atoms with van der Waals surface area (Å²) in [5.74, 6) is -1.66. The maximum absolute atomic E-state index is 12.4. The molecule has 0 aliphatic rings. The van der Waals surface area contributed by atoms with Crippen molar-refractivity contribution >= 4 is 47.4 Å². The third-order valence-corrected chi connectivity index (χ3v) is 3.69. The first-order valence-electron chi connectivity index (χ1n) is 4.76. The van der Waals surface area contributed by atoms with E-state index in [0.717, 1.165) is 0 Å². The monoisotopic (exact) mass is 333 g/mol. The van der Waals surface area contributed by atoms with E-state index in [9.17, 15) is 18.0 Å². The van der Waals surface area contributed by atoms with Crippen LogP contribution in [0.1, 0.15) is 6.92 Å². The lowest BCUT2D eigenvalue weighted by Crippen LogP contribution is -2.52. The lowest BCUT2D eigenvalue weighted by atomic mass is 10.1. The van der Waals surface area contributed by atoms with Gasteiger partial charge in [0.05, 0.1) is 15.7 Å². The Labute approximate surface area is 122 Å². The van der Waals surface area contributed by atoms with Crippen LogP contribution in [0, 0.1) is 0 Å². The number of carbonyl (C=O) groups is 1. The minimum absolute atomic E-state index is 0.0190. The van der Waals surface area contributed by atoms with Crippen LogP contribution in [0.25, 0.3) is 0 Å². The molecule has 19 heavy (non-hydrogen) atoms. The number of alkyl halides is 3. The molecular weight excluding hydrogens is 326 g/mol. The van der Waals surface area contributed by atoms with Crippen LogP contribution in [-0.4, -0.2) is 22.8 Å². The van der Waals surface area contributed by atoms with Gasteiger partial charge in [-0.3, -0.25) is 4.79 Å². The number of rotatable bonds is 2. The van der Waals surface area contributed by atoms with Crippen LogP contribution >= 0.6 is 35.8 Å². The van der Waals surface area contributed by atoms with E-state index in [1.165, 1.54) is 12.1 Å². The van der Waals surface area contributed by atoms with Gasteiger partial charge in [-0.25, -0.2) is 0 Å². The van der Waals surface area contributed by atoms with Gasteiger partial charge < -0.3 is 10.4 Å².